The van der Waals surface area contributed by atoms with Crippen molar-refractivity contribution in [3.8, 4) is 5.75 Å². The van der Waals surface area contributed by atoms with Gasteiger partial charge < -0.3 is 14.8 Å². The minimum atomic E-state index is -3.79. The number of carbonyl (C=O) groups excluding carboxylic acids is 1. The number of sulfonamides is 1. The van der Waals surface area contributed by atoms with Crippen LogP contribution in [0.5, 0.6) is 5.75 Å². The molecule has 1 aromatic rings. The van der Waals surface area contributed by atoms with Gasteiger partial charge in [0.2, 0.25) is 15.9 Å². The van der Waals surface area contributed by atoms with Crippen LogP contribution in [-0.4, -0.2) is 46.2 Å². The number of nitrogens with one attached hydrogen (secondary N) is 2. The number of rotatable bonds is 8. The van der Waals surface area contributed by atoms with E-state index in [1.54, 1.807) is 13.0 Å². The summed E-state index contributed by atoms with van der Waals surface area (Å²) in [5.41, 5.74) is 0.722. The van der Waals surface area contributed by atoms with Gasteiger partial charge in [0.25, 0.3) is 0 Å². The number of aryl methyl sites for hydroxylation is 1. The second-order valence-corrected chi connectivity index (χ2v) is 7.80. The molecule has 1 aliphatic heterocycles. The highest BCUT2D eigenvalue weighted by Crippen LogP contribution is 2.22. The Morgan fingerprint density at radius 2 is 2.20 bits per heavy atom. The van der Waals surface area contributed by atoms with Gasteiger partial charge in [-0.25, -0.2) is 8.42 Å². The summed E-state index contributed by atoms with van der Waals surface area (Å²) in [6, 6.07) is 3.75. The van der Waals surface area contributed by atoms with Crippen LogP contribution in [-0.2, 0) is 19.6 Å². The number of ether oxygens (including phenoxy) is 2. The van der Waals surface area contributed by atoms with Gasteiger partial charge in [-0.2, -0.15) is 4.72 Å². The molecule has 0 aliphatic carbocycles. The predicted molar refractivity (Wildman–Crippen MR) is 94.1 cm³/mol. The molecule has 8 heteroatoms. The van der Waals surface area contributed by atoms with Gasteiger partial charge in [-0.05, 0) is 57.4 Å². The van der Waals surface area contributed by atoms with Crippen LogP contribution in [0.15, 0.2) is 23.1 Å². The van der Waals surface area contributed by atoms with Gasteiger partial charge >= 0.3 is 0 Å². The van der Waals surface area contributed by atoms with E-state index in [9.17, 15) is 13.2 Å². The summed E-state index contributed by atoms with van der Waals surface area (Å²) >= 11 is 0. The van der Waals surface area contributed by atoms with E-state index >= 15 is 0 Å². The maximum atomic E-state index is 12.5. The van der Waals surface area contributed by atoms with Gasteiger partial charge in [-0.1, -0.05) is 0 Å². The van der Waals surface area contributed by atoms with Crippen LogP contribution in [0.25, 0.3) is 0 Å². The predicted octanol–water partition coefficient (Wildman–Crippen LogP) is 1.36. The lowest BCUT2D eigenvalue weighted by Gasteiger charge is -2.17. The Bertz CT molecular complexity index is 699. The molecule has 2 atom stereocenters. The third-order valence-corrected chi connectivity index (χ3v) is 5.55. The zero-order valence-electron chi connectivity index (χ0n) is 14.9. The molecule has 0 radical (unpaired) electrons. The fourth-order valence-corrected chi connectivity index (χ4v) is 3.92. The molecule has 7 nitrogen and oxygen atoms in total. The van der Waals surface area contributed by atoms with Gasteiger partial charge in [0, 0.05) is 13.2 Å². The molecule has 1 heterocycles. The van der Waals surface area contributed by atoms with Crippen LogP contribution in [0.4, 0.5) is 0 Å². The van der Waals surface area contributed by atoms with E-state index in [1.165, 1.54) is 19.1 Å². The van der Waals surface area contributed by atoms with E-state index in [0.717, 1.165) is 18.4 Å². The van der Waals surface area contributed by atoms with E-state index < -0.39 is 16.1 Å². The molecule has 1 fully saturated rings. The smallest absolute Gasteiger partial charge is 0.241 e. The van der Waals surface area contributed by atoms with Crippen molar-refractivity contribution < 1.29 is 22.7 Å². The number of hydrogen-bond donors (Lipinski definition) is 2. The molecular weight excluding hydrogens is 344 g/mol. The van der Waals surface area contributed by atoms with E-state index in [4.69, 9.17) is 9.47 Å². The molecule has 25 heavy (non-hydrogen) atoms. The number of benzene rings is 1. The van der Waals surface area contributed by atoms with Crippen molar-refractivity contribution in [1.29, 1.82) is 0 Å². The molecule has 0 bridgehead atoms. The van der Waals surface area contributed by atoms with Gasteiger partial charge in [-0.3, -0.25) is 4.79 Å². The van der Waals surface area contributed by atoms with Gasteiger partial charge in [-0.15, -0.1) is 0 Å². The standard InChI is InChI=1S/C17H26N2O5S/c1-4-23-16-8-7-15(10-12(16)2)25(21,22)19-13(3)17(20)18-11-14-6-5-9-24-14/h7-8,10,13-14,19H,4-6,9,11H2,1-3H3,(H,18,20). The largest absolute Gasteiger partial charge is 0.494 e. The molecule has 0 aromatic heterocycles. The maximum Gasteiger partial charge on any atom is 0.241 e. The van der Waals surface area contributed by atoms with Gasteiger partial charge in [0.1, 0.15) is 5.75 Å². The Labute approximate surface area is 149 Å². The zero-order valence-corrected chi connectivity index (χ0v) is 15.7. The van der Waals surface area contributed by atoms with E-state index in [0.29, 0.717) is 25.5 Å². The van der Waals surface area contributed by atoms with Gasteiger partial charge in [0.15, 0.2) is 0 Å². The topological polar surface area (TPSA) is 93.7 Å². The summed E-state index contributed by atoms with van der Waals surface area (Å²) in [7, 11) is -3.79. The maximum absolute atomic E-state index is 12.5. The summed E-state index contributed by atoms with van der Waals surface area (Å²) in [6.45, 7) is 6.77. The lowest BCUT2D eigenvalue weighted by molar-refractivity contribution is -0.122. The molecule has 1 amide bonds. The Hall–Kier alpha value is -1.64. The zero-order chi connectivity index (χ0) is 18.4. The van der Waals surface area contributed by atoms with Crippen molar-refractivity contribution in [1.82, 2.24) is 10.0 Å². The third-order valence-electron chi connectivity index (χ3n) is 4.01. The lowest BCUT2D eigenvalue weighted by atomic mass is 10.2. The molecule has 0 saturated carbocycles. The van der Waals surface area contributed by atoms with Crippen LogP contribution in [0.1, 0.15) is 32.3 Å². The first-order valence-electron chi connectivity index (χ1n) is 8.48. The Kier molecular flexibility index (Phi) is 6.80. The Morgan fingerprint density at radius 3 is 2.80 bits per heavy atom. The van der Waals surface area contributed by atoms with Crippen LogP contribution in [0.3, 0.4) is 0 Å². The van der Waals surface area contributed by atoms with E-state index in [-0.39, 0.29) is 16.9 Å². The van der Waals surface area contributed by atoms with Crippen molar-refractivity contribution in [2.75, 3.05) is 19.8 Å². The number of carbonyl (C=O) groups is 1. The molecule has 140 valence electrons. The molecule has 1 aromatic carbocycles. The van der Waals surface area contributed by atoms with E-state index in [1.807, 2.05) is 6.92 Å². The molecule has 2 rings (SSSR count). The Balaban J connectivity index is 1.96. The molecule has 2 N–H and O–H groups in total. The minimum Gasteiger partial charge on any atom is -0.494 e. The summed E-state index contributed by atoms with van der Waals surface area (Å²) in [4.78, 5) is 12.2. The molecular formula is C17H26N2O5S. The van der Waals surface area contributed by atoms with Crippen molar-refractivity contribution >= 4 is 15.9 Å². The summed E-state index contributed by atoms with van der Waals surface area (Å²) in [5.74, 6) is 0.269. The first-order valence-corrected chi connectivity index (χ1v) is 9.97. The molecule has 1 saturated heterocycles. The number of amides is 1. The summed E-state index contributed by atoms with van der Waals surface area (Å²) in [6.07, 6.45) is 1.91. The fraction of sp³-hybridized carbons (Fsp3) is 0.588. The second-order valence-electron chi connectivity index (χ2n) is 6.08. The van der Waals surface area contributed by atoms with Crippen molar-refractivity contribution in [2.45, 2.75) is 50.7 Å². The molecule has 0 spiro atoms. The number of hydrogen-bond acceptors (Lipinski definition) is 5. The summed E-state index contributed by atoms with van der Waals surface area (Å²) in [5, 5.41) is 2.72. The Morgan fingerprint density at radius 1 is 1.44 bits per heavy atom. The van der Waals surface area contributed by atoms with Gasteiger partial charge in [0.05, 0.1) is 23.6 Å². The van der Waals surface area contributed by atoms with Crippen LogP contribution < -0.4 is 14.8 Å². The van der Waals surface area contributed by atoms with Crippen molar-refractivity contribution in [3.05, 3.63) is 23.8 Å². The highest BCUT2D eigenvalue weighted by Gasteiger charge is 2.24. The molecule has 1 aliphatic rings. The SMILES string of the molecule is CCOc1ccc(S(=O)(=O)NC(C)C(=O)NCC2CCCO2)cc1C. The van der Waals surface area contributed by atoms with Crippen LogP contribution in [0, 0.1) is 6.92 Å². The van der Waals surface area contributed by atoms with Crippen LogP contribution >= 0.6 is 0 Å². The first-order chi connectivity index (χ1) is 11.8. The average molecular weight is 370 g/mol. The third kappa shape index (κ3) is 5.42. The molecule has 2 unspecified atom stereocenters. The highest BCUT2D eigenvalue weighted by molar-refractivity contribution is 7.89. The van der Waals surface area contributed by atoms with Crippen molar-refractivity contribution in [2.24, 2.45) is 0 Å². The fourth-order valence-electron chi connectivity index (χ4n) is 2.63. The van der Waals surface area contributed by atoms with E-state index in [2.05, 4.69) is 10.0 Å². The minimum absolute atomic E-state index is 0.0153. The van der Waals surface area contributed by atoms with Crippen molar-refractivity contribution in [3.63, 3.8) is 0 Å². The van der Waals surface area contributed by atoms with Crippen LogP contribution in [0.2, 0.25) is 0 Å². The summed E-state index contributed by atoms with van der Waals surface area (Å²) < 4.78 is 38.2. The first kappa shape index (κ1) is 19.7. The highest BCUT2D eigenvalue weighted by atomic mass is 32.2. The average Bonchev–Trinajstić information content (AvgIpc) is 3.07. The normalized spacial score (nSPS) is 18.8. The quantitative estimate of drug-likeness (QED) is 0.721. The lowest BCUT2D eigenvalue weighted by Crippen LogP contribution is -2.46. The second kappa shape index (κ2) is 8.64. The monoisotopic (exact) mass is 370 g/mol.